The zero-order valence-electron chi connectivity index (χ0n) is 30.0. The van der Waals surface area contributed by atoms with Gasteiger partial charge in [-0.2, -0.15) is 0 Å². The number of fused-ring (bicyclic) bond motifs is 2. The Balaban J connectivity index is 1.36. The number of ketones is 2. The molecule has 1 aliphatic rings. The van der Waals surface area contributed by atoms with Gasteiger partial charge in [0, 0.05) is 11.1 Å². The van der Waals surface area contributed by atoms with E-state index in [1.54, 1.807) is 24.3 Å². The van der Waals surface area contributed by atoms with Crippen molar-refractivity contribution in [1.29, 1.82) is 0 Å². The highest BCUT2D eigenvalue weighted by molar-refractivity contribution is 6.32. The Morgan fingerprint density at radius 2 is 0.800 bits per heavy atom. The average molecular weight is 675 g/mol. The molecule has 264 valence electrons. The fourth-order valence-electron chi connectivity index (χ4n) is 6.82. The number of hydrogen-bond acceptors (Lipinski definition) is 6. The van der Waals surface area contributed by atoms with Crippen LogP contribution in [0.1, 0.15) is 147 Å². The molecule has 0 fully saturated rings. The molecule has 0 aromatic heterocycles. The van der Waals surface area contributed by atoms with Gasteiger partial charge in [-0.05, 0) is 61.1 Å². The minimum Gasteiger partial charge on any atom is -0.451 e. The third-order valence-electron chi connectivity index (χ3n) is 9.78. The number of aryl methyl sites for hydroxylation is 2. The minimum atomic E-state index is -0.365. The van der Waals surface area contributed by atoms with E-state index in [-0.39, 0.29) is 45.6 Å². The predicted molar refractivity (Wildman–Crippen MR) is 205 cm³/mol. The number of ether oxygens (including phenoxy) is 2. The van der Waals surface area contributed by atoms with Crippen molar-refractivity contribution in [3.05, 3.63) is 106 Å². The Kier molecular flexibility index (Phi) is 13.5. The van der Waals surface area contributed by atoms with Crippen LogP contribution in [-0.2, 0) is 12.8 Å². The van der Waals surface area contributed by atoms with E-state index in [4.69, 9.17) is 20.9 Å². The maximum absolute atomic E-state index is 13.8. The smallest absolute Gasteiger partial charge is 0.196 e. The quantitative estimate of drug-likeness (QED) is 0.0629. The second kappa shape index (κ2) is 18.4. The van der Waals surface area contributed by atoms with Gasteiger partial charge in [0.05, 0.1) is 22.5 Å². The first kappa shape index (κ1) is 36.7. The Hall–Kier alpha value is -4.58. The van der Waals surface area contributed by atoms with E-state index in [9.17, 15) is 9.59 Å². The molecule has 1 aliphatic carbocycles. The summed E-state index contributed by atoms with van der Waals surface area (Å²) in [4.78, 5) is 27.5. The topological polar surface area (TPSA) is 105 Å². The van der Waals surface area contributed by atoms with Gasteiger partial charge < -0.3 is 20.9 Å². The van der Waals surface area contributed by atoms with Gasteiger partial charge in [0.1, 0.15) is 11.5 Å². The van der Waals surface area contributed by atoms with Crippen molar-refractivity contribution in [3.8, 4) is 23.0 Å². The largest absolute Gasteiger partial charge is 0.451 e. The number of nitrogen functional groups attached to an aromatic ring is 2. The molecule has 0 spiro atoms. The Labute approximate surface area is 298 Å². The van der Waals surface area contributed by atoms with Crippen LogP contribution in [0.2, 0.25) is 0 Å². The van der Waals surface area contributed by atoms with E-state index in [0.717, 1.165) is 25.7 Å². The average Bonchev–Trinajstić information content (AvgIpc) is 3.14. The minimum absolute atomic E-state index is 0.0276. The van der Waals surface area contributed by atoms with Crippen molar-refractivity contribution >= 4 is 22.9 Å². The van der Waals surface area contributed by atoms with Gasteiger partial charge in [0.25, 0.3) is 0 Å². The summed E-state index contributed by atoms with van der Waals surface area (Å²) in [5, 5.41) is 0. The summed E-state index contributed by atoms with van der Waals surface area (Å²) >= 11 is 0. The Morgan fingerprint density at radius 3 is 1.16 bits per heavy atom. The van der Waals surface area contributed by atoms with Gasteiger partial charge in [-0.3, -0.25) is 9.59 Å². The number of carbonyl (C=O) groups is 2. The van der Waals surface area contributed by atoms with Crippen LogP contribution in [0, 0.1) is 0 Å². The zero-order chi connectivity index (χ0) is 35.3. The van der Waals surface area contributed by atoms with Crippen molar-refractivity contribution in [1.82, 2.24) is 0 Å². The molecule has 0 radical (unpaired) electrons. The first-order valence-corrected chi connectivity index (χ1v) is 18.9. The van der Waals surface area contributed by atoms with Gasteiger partial charge >= 0.3 is 0 Å². The fourth-order valence-corrected chi connectivity index (χ4v) is 6.82. The molecular formula is C44H54N2O4. The van der Waals surface area contributed by atoms with Crippen molar-refractivity contribution < 1.29 is 19.1 Å². The second-order valence-corrected chi connectivity index (χ2v) is 13.7. The highest BCUT2D eigenvalue weighted by Crippen LogP contribution is 2.50. The molecule has 5 rings (SSSR count). The lowest BCUT2D eigenvalue weighted by molar-refractivity contribution is 0.0980. The van der Waals surface area contributed by atoms with E-state index in [1.807, 2.05) is 24.3 Å². The number of unbranched alkanes of at least 4 members (excludes halogenated alkanes) is 12. The maximum Gasteiger partial charge on any atom is 0.196 e. The van der Waals surface area contributed by atoms with Crippen LogP contribution in [0.25, 0.3) is 0 Å². The second-order valence-electron chi connectivity index (χ2n) is 13.7. The molecule has 0 amide bonds. The summed E-state index contributed by atoms with van der Waals surface area (Å²) in [5.74, 6) is 0.571. The summed E-state index contributed by atoms with van der Waals surface area (Å²) in [6, 6.07) is 22.6. The molecule has 0 bridgehead atoms. The molecule has 0 atom stereocenters. The van der Waals surface area contributed by atoms with Crippen LogP contribution in [0.3, 0.4) is 0 Å². The summed E-state index contributed by atoms with van der Waals surface area (Å²) in [7, 11) is 0. The first-order chi connectivity index (χ1) is 24.4. The molecular weight excluding hydrogens is 620 g/mol. The molecule has 6 nitrogen and oxygen atoms in total. The van der Waals surface area contributed by atoms with E-state index in [2.05, 4.69) is 38.1 Å². The van der Waals surface area contributed by atoms with Gasteiger partial charge in [-0.25, -0.2) is 0 Å². The fraction of sp³-hybridized carbons (Fsp3) is 0.409. The van der Waals surface area contributed by atoms with Gasteiger partial charge in [0.15, 0.2) is 23.1 Å². The van der Waals surface area contributed by atoms with Crippen molar-refractivity contribution in [2.45, 2.75) is 117 Å². The molecule has 0 unspecified atom stereocenters. The molecule has 0 saturated heterocycles. The highest BCUT2D eigenvalue weighted by Gasteiger charge is 2.37. The van der Waals surface area contributed by atoms with Gasteiger partial charge in [-0.15, -0.1) is 0 Å². The lowest BCUT2D eigenvalue weighted by Crippen LogP contribution is -2.24. The molecule has 0 saturated carbocycles. The molecule has 0 aliphatic heterocycles. The monoisotopic (exact) mass is 674 g/mol. The van der Waals surface area contributed by atoms with Crippen LogP contribution in [0.5, 0.6) is 23.0 Å². The van der Waals surface area contributed by atoms with E-state index < -0.39 is 0 Å². The van der Waals surface area contributed by atoms with Gasteiger partial charge in [-0.1, -0.05) is 139 Å². The Bertz CT molecular complexity index is 1600. The third-order valence-corrected chi connectivity index (χ3v) is 9.78. The van der Waals surface area contributed by atoms with E-state index >= 15 is 0 Å². The van der Waals surface area contributed by atoms with Gasteiger partial charge in [0.2, 0.25) is 0 Å². The summed E-state index contributed by atoms with van der Waals surface area (Å²) in [6.45, 7) is 4.48. The van der Waals surface area contributed by atoms with Crippen LogP contribution >= 0.6 is 0 Å². The predicted octanol–water partition coefficient (Wildman–Crippen LogP) is 11.8. The summed E-state index contributed by atoms with van der Waals surface area (Å²) < 4.78 is 12.8. The van der Waals surface area contributed by atoms with Crippen LogP contribution in [0.15, 0.2) is 72.8 Å². The zero-order valence-corrected chi connectivity index (χ0v) is 30.0. The van der Waals surface area contributed by atoms with Crippen molar-refractivity contribution in [2.75, 3.05) is 11.5 Å². The van der Waals surface area contributed by atoms with Crippen LogP contribution in [0.4, 0.5) is 11.4 Å². The molecule has 4 N–H and O–H groups in total. The molecule has 4 aromatic carbocycles. The van der Waals surface area contributed by atoms with Crippen LogP contribution in [-0.4, -0.2) is 11.6 Å². The third kappa shape index (κ3) is 9.15. The lowest BCUT2D eigenvalue weighted by atomic mass is 9.82. The number of anilines is 2. The number of hydrogen-bond donors (Lipinski definition) is 2. The SMILES string of the molecule is CCCCCCCCCc1ccc(Oc2c(N)c3c(c(N)c2Oc2ccc(CCCCCCCCC)cc2)C(=O)c2ccccc2C3=O)cc1. The molecule has 6 heteroatoms. The van der Waals surface area contributed by atoms with E-state index in [1.165, 1.54) is 88.2 Å². The maximum atomic E-state index is 13.8. The lowest BCUT2D eigenvalue weighted by Gasteiger charge is -2.25. The molecule has 4 aromatic rings. The highest BCUT2D eigenvalue weighted by atomic mass is 16.5. The standard InChI is InChI=1S/C44H54N2O4/c1-3-5-7-9-11-13-15-19-31-23-27-33(28-24-31)49-43-39(45)37-38(42(48)36-22-18-17-21-35(36)41(37)47)40(46)44(43)50-34-29-25-32(26-30-34)20-16-14-12-10-8-6-4-2/h17-18,21-30H,3-16,19-20,45-46H2,1-2H3. The van der Waals surface area contributed by atoms with Crippen LogP contribution < -0.4 is 20.9 Å². The van der Waals surface area contributed by atoms with Crippen molar-refractivity contribution in [3.63, 3.8) is 0 Å². The number of nitrogens with two attached hydrogens (primary N) is 2. The van der Waals surface area contributed by atoms with E-state index in [0.29, 0.717) is 22.6 Å². The Morgan fingerprint density at radius 1 is 0.460 bits per heavy atom. The first-order valence-electron chi connectivity index (χ1n) is 18.9. The summed E-state index contributed by atoms with van der Waals surface area (Å²) in [6.07, 6.45) is 19.7. The number of rotatable bonds is 20. The number of benzene rings is 4. The molecule has 0 heterocycles. The molecule has 50 heavy (non-hydrogen) atoms. The normalized spacial score (nSPS) is 12.1. The van der Waals surface area contributed by atoms with Crippen molar-refractivity contribution in [2.24, 2.45) is 0 Å². The number of carbonyl (C=O) groups excluding carboxylic acids is 2. The summed E-state index contributed by atoms with van der Waals surface area (Å²) in [5.41, 5.74) is 16.7.